The van der Waals surface area contributed by atoms with Crippen LogP contribution >= 0.6 is 15.9 Å². The van der Waals surface area contributed by atoms with Crippen molar-refractivity contribution in [2.75, 3.05) is 7.05 Å². The normalized spacial score (nSPS) is 12.5. The predicted octanol–water partition coefficient (Wildman–Crippen LogP) is 4.82. The van der Waals surface area contributed by atoms with Crippen molar-refractivity contribution in [1.82, 2.24) is 5.32 Å². The SMILES string of the molecule is CNC(c1cc(C)c(C)cc1C)c1c(F)cccc1Br. The third-order valence-corrected chi connectivity index (χ3v) is 4.46. The molecule has 0 aliphatic rings. The molecule has 0 fully saturated rings. The maximum atomic E-state index is 14.2. The van der Waals surface area contributed by atoms with Gasteiger partial charge in [-0.1, -0.05) is 34.1 Å². The second-order valence-electron chi connectivity index (χ2n) is 5.15. The highest BCUT2D eigenvalue weighted by atomic mass is 79.9. The summed E-state index contributed by atoms with van der Waals surface area (Å²) in [6.07, 6.45) is 0. The van der Waals surface area contributed by atoms with Gasteiger partial charge < -0.3 is 5.32 Å². The third-order valence-electron chi connectivity index (χ3n) is 3.77. The van der Waals surface area contributed by atoms with Gasteiger partial charge in [0.25, 0.3) is 0 Å². The zero-order valence-corrected chi connectivity index (χ0v) is 13.8. The molecule has 0 aliphatic heterocycles. The van der Waals surface area contributed by atoms with Crippen LogP contribution in [0.15, 0.2) is 34.8 Å². The van der Waals surface area contributed by atoms with Crippen LogP contribution in [0.4, 0.5) is 4.39 Å². The van der Waals surface area contributed by atoms with Gasteiger partial charge in [0.1, 0.15) is 5.82 Å². The minimum atomic E-state index is -0.198. The molecule has 1 atom stereocenters. The molecule has 2 aromatic carbocycles. The minimum Gasteiger partial charge on any atom is -0.309 e. The lowest BCUT2D eigenvalue weighted by atomic mass is 9.91. The van der Waals surface area contributed by atoms with E-state index in [-0.39, 0.29) is 11.9 Å². The highest BCUT2D eigenvalue weighted by molar-refractivity contribution is 9.10. The molecule has 0 radical (unpaired) electrons. The van der Waals surface area contributed by atoms with E-state index < -0.39 is 0 Å². The Morgan fingerprint density at radius 1 is 1.05 bits per heavy atom. The van der Waals surface area contributed by atoms with E-state index >= 15 is 0 Å². The summed E-state index contributed by atoms with van der Waals surface area (Å²) in [5, 5.41) is 3.23. The molecule has 0 bridgehead atoms. The molecule has 1 unspecified atom stereocenters. The van der Waals surface area contributed by atoms with Gasteiger partial charge in [-0.2, -0.15) is 0 Å². The molecule has 0 heterocycles. The second kappa shape index (κ2) is 6.06. The summed E-state index contributed by atoms with van der Waals surface area (Å²) in [4.78, 5) is 0. The molecule has 0 aromatic heterocycles. The summed E-state index contributed by atoms with van der Waals surface area (Å²) >= 11 is 3.46. The number of aryl methyl sites for hydroxylation is 3. The van der Waals surface area contributed by atoms with Gasteiger partial charge in [-0.3, -0.25) is 0 Å². The smallest absolute Gasteiger partial charge is 0.129 e. The molecule has 0 amide bonds. The number of hydrogen-bond donors (Lipinski definition) is 1. The lowest BCUT2D eigenvalue weighted by molar-refractivity contribution is 0.572. The number of benzene rings is 2. The summed E-state index contributed by atoms with van der Waals surface area (Å²) in [7, 11) is 1.86. The van der Waals surface area contributed by atoms with E-state index in [0.29, 0.717) is 5.56 Å². The first-order valence-corrected chi connectivity index (χ1v) is 7.44. The van der Waals surface area contributed by atoms with E-state index in [1.165, 1.54) is 22.8 Å². The largest absolute Gasteiger partial charge is 0.309 e. The lowest BCUT2D eigenvalue weighted by Gasteiger charge is -2.22. The van der Waals surface area contributed by atoms with Crippen LogP contribution < -0.4 is 5.32 Å². The van der Waals surface area contributed by atoms with Crippen LogP contribution in [0, 0.1) is 26.6 Å². The molecule has 0 saturated heterocycles. The fourth-order valence-electron chi connectivity index (χ4n) is 2.54. The molecule has 1 nitrogen and oxygen atoms in total. The molecule has 20 heavy (non-hydrogen) atoms. The molecule has 2 rings (SSSR count). The minimum absolute atomic E-state index is 0.162. The Balaban J connectivity index is 2.62. The van der Waals surface area contributed by atoms with Crippen LogP contribution in [-0.4, -0.2) is 7.05 Å². The van der Waals surface area contributed by atoms with Gasteiger partial charge in [0, 0.05) is 10.0 Å². The Labute approximate surface area is 128 Å². The van der Waals surface area contributed by atoms with Crippen molar-refractivity contribution >= 4 is 15.9 Å². The van der Waals surface area contributed by atoms with E-state index in [1.54, 1.807) is 6.07 Å². The van der Waals surface area contributed by atoms with E-state index in [1.807, 2.05) is 13.1 Å². The molecule has 0 saturated carbocycles. The van der Waals surface area contributed by atoms with Crippen molar-refractivity contribution in [3.05, 3.63) is 68.4 Å². The Morgan fingerprint density at radius 2 is 1.70 bits per heavy atom. The molecular formula is C17H19BrFN. The molecule has 2 aromatic rings. The van der Waals surface area contributed by atoms with Crippen molar-refractivity contribution < 1.29 is 4.39 Å². The van der Waals surface area contributed by atoms with Gasteiger partial charge in [-0.05, 0) is 62.2 Å². The summed E-state index contributed by atoms with van der Waals surface area (Å²) in [6, 6.07) is 9.22. The summed E-state index contributed by atoms with van der Waals surface area (Å²) in [5.41, 5.74) is 5.41. The quantitative estimate of drug-likeness (QED) is 0.847. The number of hydrogen-bond acceptors (Lipinski definition) is 1. The van der Waals surface area contributed by atoms with Gasteiger partial charge in [0.05, 0.1) is 6.04 Å². The standard InChI is InChI=1S/C17H19BrFN/c1-10-8-12(3)13(9-11(10)2)17(20-4)16-14(18)6-5-7-15(16)19/h5-9,17,20H,1-4H3. The van der Waals surface area contributed by atoms with E-state index in [9.17, 15) is 4.39 Å². The van der Waals surface area contributed by atoms with Gasteiger partial charge in [0.15, 0.2) is 0 Å². The first kappa shape index (κ1) is 15.2. The predicted molar refractivity (Wildman–Crippen MR) is 85.7 cm³/mol. The molecule has 1 N–H and O–H groups in total. The Morgan fingerprint density at radius 3 is 2.30 bits per heavy atom. The monoisotopic (exact) mass is 335 g/mol. The maximum absolute atomic E-state index is 14.2. The van der Waals surface area contributed by atoms with Crippen LogP contribution in [0.5, 0.6) is 0 Å². The van der Waals surface area contributed by atoms with Crippen molar-refractivity contribution in [2.45, 2.75) is 26.8 Å². The molecule has 3 heteroatoms. The van der Waals surface area contributed by atoms with Gasteiger partial charge >= 0.3 is 0 Å². The fraction of sp³-hybridized carbons (Fsp3) is 0.294. The molecular weight excluding hydrogens is 317 g/mol. The van der Waals surface area contributed by atoms with Crippen LogP contribution in [0.3, 0.4) is 0 Å². The van der Waals surface area contributed by atoms with Gasteiger partial charge in [-0.15, -0.1) is 0 Å². The van der Waals surface area contributed by atoms with Crippen molar-refractivity contribution in [2.24, 2.45) is 0 Å². The number of halogens is 2. The fourth-order valence-corrected chi connectivity index (χ4v) is 3.11. The highest BCUT2D eigenvalue weighted by Crippen LogP contribution is 2.33. The summed E-state index contributed by atoms with van der Waals surface area (Å²) in [5.74, 6) is -0.198. The Bertz CT molecular complexity index is 617. The average molecular weight is 336 g/mol. The van der Waals surface area contributed by atoms with E-state index in [4.69, 9.17) is 0 Å². The number of rotatable bonds is 3. The van der Waals surface area contributed by atoms with E-state index in [2.05, 4.69) is 54.2 Å². The second-order valence-corrected chi connectivity index (χ2v) is 6.00. The van der Waals surface area contributed by atoms with Gasteiger partial charge in [-0.25, -0.2) is 4.39 Å². The first-order chi connectivity index (χ1) is 9.45. The topological polar surface area (TPSA) is 12.0 Å². The van der Waals surface area contributed by atoms with E-state index in [0.717, 1.165) is 10.0 Å². The van der Waals surface area contributed by atoms with Crippen LogP contribution in [-0.2, 0) is 0 Å². The van der Waals surface area contributed by atoms with Crippen LogP contribution in [0.1, 0.15) is 33.9 Å². The lowest BCUT2D eigenvalue weighted by Crippen LogP contribution is -2.20. The zero-order chi connectivity index (χ0) is 14.9. The van der Waals surface area contributed by atoms with Crippen LogP contribution in [0.25, 0.3) is 0 Å². The molecule has 0 aliphatic carbocycles. The van der Waals surface area contributed by atoms with Crippen molar-refractivity contribution in [3.8, 4) is 0 Å². The zero-order valence-electron chi connectivity index (χ0n) is 12.2. The molecule has 106 valence electrons. The summed E-state index contributed by atoms with van der Waals surface area (Å²) < 4.78 is 15.0. The first-order valence-electron chi connectivity index (χ1n) is 6.64. The average Bonchev–Trinajstić information content (AvgIpc) is 2.39. The van der Waals surface area contributed by atoms with Crippen molar-refractivity contribution in [3.63, 3.8) is 0 Å². The maximum Gasteiger partial charge on any atom is 0.129 e. The highest BCUT2D eigenvalue weighted by Gasteiger charge is 2.21. The Kier molecular flexibility index (Phi) is 4.61. The molecule has 0 spiro atoms. The number of nitrogens with one attached hydrogen (secondary N) is 1. The van der Waals surface area contributed by atoms with Crippen LogP contribution in [0.2, 0.25) is 0 Å². The Hall–Kier alpha value is -1.19. The third kappa shape index (κ3) is 2.79. The van der Waals surface area contributed by atoms with Gasteiger partial charge in [0.2, 0.25) is 0 Å². The van der Waals surface area contributed by atoms with Crippen molar-refractivity contribution in [1.29, 1.82) is 0 Å². The summed E-state index contributed by atoms with van der Waals surface area (Å²) in [6.45, 7) is 6.25.